The predicted octanol–water partition coefficient (Wildman–Crippen LogP) is 1.88. The highest BCUT2D eigenvalue weighted by Crippen LogP contribution is 2.23. The maximum Gasteiger partial charge on any atom is 0.419 e. The number of rotatable bonds is 9. The van der Waals surface area contributed by atoms with Crippen LogP contribution in [0.1, 0.15) is 58.3 Å². The lowest BCUT2D eigenvalue weighted by molar-refractivity contribution is -0.153. The van der Waals surface area contributed by atoms with E-state index in [1.165, 1.54) is 6.92 Å². The van der Waals surface area contributed by atoms with E-state index in [1.54, 1.807) is 49.9 Å². The topological polar surface area (TPSA) is 171 Å². The van der Waals surface area contributed by atoms with Gasteiger partial charge in [-0.1, -0.05) is 6.07 Å². The number of benzene rings is 1. The highest BCUT2D eigenvalue weighted by molar-refractivity contribution is 6.07. The number of aliphatic imine (C=N–C) groups is 1. The fraction of sp³-hybridized carbons (Fsp3) is 0.400. The summed E-state index contributed by atoms with van der Waals surface area (Å²) in [6, 6.07) is 4.25. The van der Waals surface area contributed by atoms with Crippen LogP contribution >= 0.6 is 0 Å². The van der Waals surface area contributed by atoms with E-state index in [0.717, 1.165) is 10.5 Å². The Bertz CT molecular complexity index is 1220. The Morgan fingerprint density at radius 3 is 2.43 bits per heavy atom. The number of esters is 1. The van der Waals surface area contributed by atoms with Crippen molar-refractivity contribution in [1.29, 1.82) is 0 Å². The number of amides is 3. The molecule has 0 bridgehead atoms. The zero-order valence-electron chi connectivity index (χ0n) is 22.0. The molecule has 0 saturated carbocycles. The molecule has 1 aromatic heterocycles. The van der Waals surface area contributed by atoms with Gasteiger partial charge in [-0.3, -0.25) is 14.4 Å². The first-order valence-electron chi connectivity index (χ1n) is 11.7. The molecule has 1 heterocycles. The molecule has 0 aliphatic rings. The molecule has 2 rings (SSSR count). The van der Waals surface area contributed by atoms with Crippen LogP contribution in [-0.4, -0.2) is 65.1 Å². The lowest BCUT2D eigenvalue weighted by Gasteiger charge is -2.18. The van der Waals surface area contributed by atoms with E-state index in [1.807, 2.05) is 13.8 Å². The molecule has 200 valence electrons. The van der Waals surface area contributed by atoms with E-state index in [9.17, 15) is 19.2 Å². The third kappa shape index (κ3) is 6.94. The molecule has 12 nitrogen and oxygen atoms in total. The van der Waals surface area contributed by atoms with E-state index in [2.05, 4.69) is 10.3 Å². The SMILES string of the molecule is CCNC(=O)c1ccc(C)c(N=C(N)c2c(C)c(C(=O)N(CC)C(=O)OCOC(=O)C(C)N)cn2C)c1. The van der Waals surface area contributed by atoms with Gasteiger partial charge in [-0.05, 0) is 57.9 Å². The summed E-state index contributed by atoms with van der Waals surface area (Å²) in [6.07, 6.45) is 0.564. The normalized spacial score (nSPS) is 12.0. The highest BCUT2D eigenvalue weighted by atomic mass is 16.7. The minimum Gasteiger partial charge on any atom is -0.427 e. The third-order valence-corrected chi connectivity index (χ3v) is 5.49. The number of aromatic nitrogens is 1. The zero-order valence-corrected chi connectivity index (χ0v) is 22.0. The summed E-state index contributed by atoms with van der Waals surface area (Å²) in [5.74, 6) is -1.46. The van der Waals surface area contributed by atoms with Crippen molar-refractivity contribution in [2.45, 2.75) is 40.7 Å². The van der Waals surface area contributed by atoms with Gasteiger partial charge in [0.2, 0.25) is 6.79 Å². The maximum absolute atomic E-state index is 13.2. The summed E-state index contributed by atoms with van der Waals surface area (Å²) in [6.45, 7) is 8.23. The van der Waals surface area contributed by atoms with Gasteiger partial charge in [0.1, 0.15) is 11.9 Å². The van der Waals surface area contributed by atoms with Crippen molar-refractivity contribution in [3.8, 4) is 0 Å². The number of hydrogen-bond acceptors (Lipinski definition) is 8. The summed E-state index contributed by atoms with van der Waals surface area (Å²) in [5, 5.41) is 2.74. The largest absolute Gasteiger partial charge is 0.427 e. The van der Waals surface area contributed by atoms with Crippen LogP contribution in [0.2, 0.25) is 0 Å². The second-order valence-electron chi connectivity index (χ2n) is 8.31. The number of hydrogen-bond donors (Lipinski definition) is 3. The molecule has 0 fully saturated rings. The number of nitrogens with zero attached hydrogens (tertiary/aromatic N) is 3. The van der Waals surface area contributed by atoms with Gasteiger partial charge < -0.3 is 30.8 Å². The van der Waals surface area contributed by atoms with E-state index in [0.29, 0.717) is 29.1 Å². The Kier molecular flexibility index (Phi) is 9.95. The first kappa shape index (κ1) is 29.0. The smallest absolute Gasteiger partial charge is 0.419 e. The second kappa shape index (κ2) is 12.7. The molecule has 37 heavy (non-hydrogen) atoms. The van der Waals surface area contributed by atoms with Gasteiger partial charge in [-0.15, -0.1) is 0 Å². The lowest BCUT2D eigenvalue weighted by Crippen LogP contribution is -2.38. The molecular weight excluding hydrogens is 480 g/mol. The summed E-state index contributed by atoms with van der Waals surface area (Å²) >= 11 is 0. The molecule has 3 amide bonds. The average molecular weight is 515 g/mol. The van der Waals surface area contributed by atoms with Crippen LogP contribution in [0.4, 0.5) is 10.5 Å². The second-order valence-corrected chi connectivity index (χ2v) is 8.31. The lowest BCUT2D eigenvalue weighted by atomic mass is 10.1. The molecule has 0 radical (unpaired) electrons. The van der Waals surface area contributed by atoms with Crippen molar-refractivity contribution < 1.29 is 28.7 Å². The number of carbonyl (C=O) groups is 4. The summed E-state index contributed by atoms with van der Waals surface area (Å²) in [5.41, 5.74) is 14.7. The highest BCUT2D eigenvalue weighted by Gasteiger charge is 2.28. The van der Waals surface area contributed by atoms with Crippen LogP contribution < -0.4 is 16.8 Å². The molecule has 1 unspecified atom stereocenters. The standard InChI is InChI=1S/C25H34N6O6/c1-7-28-22(32)17-10-9-14(3)19(11-17)29-21(27)20-15(4)18(12-30(20)6)23(33)31(8-2)25(35)37-13-36-24(34)16(5)26/h9-12,16H,7-8,13,26H2,1-6H3,(H2,27,29)(H,28,32). The van der Waals surface area contributed by atoms with Crippen LogP contribution in [0, 0.1) is 13.8 Å². The van der Waals surface area contributed by atoms with Crippen molar-refractivity contribution in [2.24, 2.45) is 23.5 Å². The number of aryl methyl sites for hydroxylation is 2. The Morgan fingerprint density at radius 1 is 1.16 bits per heavy atom. The predicted molar refractivity (Wildman–Crippen MR) is 138 cm³/mol. The fourth-order valence-electron chi connectivity index (χ4n) is 3.50. The Labute approximate surface area is 215 Å². The van der Waals surface area contributed by atoms with E-state index >= 15 is 0 Å². The molecule has 0 aliphatic heterocycles. The summed E-state index contributed by atoms with van der Waals surface area (Å²) < 4.78 is 11.3. The molecule has 1 atom stereocenters. The van der Waals surface area contributed by atoms with Gasteiger partial charge in [-0.25, -0.2) is 14.7 Å². The van der Waals surface area contributed by atoms with Crippen LogP contribution in [0.5, 0.6) is 0 Å². The van der Waals surface area contributed by atoms with Crippen molar-refractivity contribution in [3.63, 3.8) is 0 Å². The molecule has 2 aromatic rings. The van der Waals surface area contributed by atoms with E-state index in [-0.39, 0.29) is 23.9 Å². The van der Waals surface area contributed by atoms with Gasteiger partial charge >= 0.3 is 12.1 Å². The number of carbonyl (C=O) groups excluding carboxylic acids is 4. The van der Waals surface area contributed by atoms with Gasteiger partial charge in [0.15, 0.2) is 0 Å². The number of nitrogens with one attached hydrogen (secondary N) is 1. The number of ether oxygens (including phenoxy) is 2. The Morgan fingerprint density at radius 2 is 1.84 bits per heavy atom. The minimum absolute atomic E-state index is 0.0119. The molecular formula is C25H34N6O6. The van der Waals surface area contributed by atoms with E-state index < -0.39 is 30.8 Å². The van der Waals surface area contributed by atoms with Crippen LogP contribution in [0.25, 0.3) is 0 Å². The molecule has 0 saturated heterocycles. The van der Waals surface area contributed by atoms with Gasteiger partial charge in [0.25, 0.3) is 11.8 Å². The quantitative estimate of drug-likeness (QED) is 0.197. The average Bonchev–Trinajstić information content (AvgIpc) is 3.14. The summed E-state index contributed by atoms with van der Waals surface area (Å²) in [4.78, 5) is 54.7. The van der Waals surface area contributed by atoms with Crippen molar-refractivity contribution >= 4 is 35.4 Å². The first-order valence-corrected chi connectivity index (χ1v) is 11.7. The Balaban J connectivity index is 2.31. The molecule has 12 heteroatoms. The number of imide groups is 1. The van der Waals surface area contributed by atoms with Gasteiger partial charge in [-0.2, -0.15) is 0 Å². The Hall–Kier alpha value is -4.19. The van der Waals surface area contributed by atoms with E-state index in [4.69, 9.17) is 20.9 Å². The summed E-state index contributed by atoms with van der Waals surface area (Å²) in [7, 11) is 1.70. The molecule has 0 aliphatic carbocycles. The molecule has 0 spiro atoms. The van der Waals surface area contributed by atoms with Gasteiger partial charge in [0.05, 0.1) is 16.9 Å². The minimum atomic E-state index is -0.978. The zero-order chi connectivity index (χ0) is 27.9. The fourth-order valence-corrected chi connectivity index (χ4v) is 3.50. The third-order valence-electron chi connectivity index (χ3n) is 5.49. The van der Waals surface area contributed by atoms with Gasteiger partial charge in [0, 0.05) is 31.9 Å². The maximum atomic E-state index is 13.2. The number of amidine groups is 1. The number of nitrogens with two attached hydrogens (primary N) is 2. The first-order chi connectivity index (χ1) is 17.4. The molecule has 1 aromatic carbocycles. The van der Waals surface area contributed by atoms with Crippen LogP contribution in [0.15, 0.2) is 29.4 Å². The van der Waals surface area contributed by atoms with Crippen LogP contribution in [-0.2, 0) is 21.3 Å². The van der Waals surface area contributed by atoms with Crippen LogP contribution in [0.3, 0.4) is 0 Å². The van der Waals surface area contributed by atoms with Crippen molar-refractivity contribution in [3.05, 3.63) is 52.3 Å². The monoisotopic (exact) mass is 514 g/mol. The van der Waals surface area contributed by atoms with Crippen molar-refractivity contribution in [2.75, 3.05) is 19.9 Å². The van der Waals surface area contributed by atoms with Crippen molar-refractivity contribution in [1.82, 2.24) is 14.8 Å². The molecule has 5 N–H and O–H groups in total.